The first-order valence-corrected chi connectivity index (χ1v) is 8.01. The Morgan fingerprint density at radius 3 is 2.40 bits per heavy atom. The third-order valence-electron chi connectivity index (χ3n) is 3.40. The molecule has 0 saturated heterocycles. The molecule has 0 unspecified atom stereocenters. The van der Waals surface area contributed by atoms with Gasteiger partial charge in [-0.3, -0.25) is 10.1 Å². The van der Waals surface area contributed by atoms with Crippen molar-refractivity contribution in [2.45, 2.75) is 13.8 Å². The summed E-state index contributed by atoms with van der Waals surface area (Å²) in [5, 5.41) is 5.91. The SMILES string of the molecule is CCOC(=O)Nc1ccc(C(=O)Nc2cc(C)c(Cl)cc2OC)cc1. The van der Waals surface area contributed by atoms with Crippen molar-refractivity contribution in [3.63, 3.8) is 0 Å². The average molecular weight is 363 g/mol. The van der Waals surface area contributed by atoms with Gasteiger partial charge in [-0.15, -0.1) is 0 Å². The van der Waals surface area contributed by atoms with Gasteiger partial charge in [0.1, 0.15) is 5.75 Å². The number of methoxy groups -OCH3 is 1. The van der Waals surface area contributed by atoms with Crippen LogP contribution in [-0.4, -0.2) is 25.7 Å². The van der Waals surface area contributed by atoms with Gasteiger partial charge in [0, 0.05) is 22.3 Å². The Bertz CT molecular complexity index is 775. The maximum atomic E-state index is 12.4. The summed E-state index contributed by atoms with van der Waals surface area (Å²) in [6.45, 7) is 3.85. The fourth-order valence-electron chi connectivity index (χ4n) is 2.11. The molecule has 25 heavy (non-hydrogen) atoms. The van der Waals surface area contributed by atoms with Gasteiger partial charge in [0.25, 0.3) is 5.91 Å². The van der Waals surface area contributed by atoms with E-state index in [9.17, 15) is 9.59 Å². The quantitative estimate of drug-likeness (QED) is 0.822. The van der Waals surface area contributed by atoms with E-state index in [1.54, 1.807) is 43.3 Å². The summed E-state index contributed by atoms with van der Waals surface area (Å²) in [6, 6.07) is 9.85. The Morgan fingerprint density at radius 1 is 1.12 bits per heavy atom. The number of rotatable bonds is 5. The molecule has 0 aliphatic carbocycles. The molecule has 0 saturated carbocycles. The van der Waals surface area contributed by atoms with Crippen LogP contribution in [0.5, 0.6) is 5.75 Å². The Hall–Kier alpha value is -2.73. The van der Waals surface area contributed by atoms with Gasteiger partial charge in [-0.25, -0.2) is 4.79 Å². The minimum absolute atomic E-state index is 0.286. The summed E-state index contributed by atoms with van der Waals surface area (Å²) in [6.07, 6.45) is -0.541. The minimum Gasteiger partial charge on any atom is -0.495 e. The number of hydrogen-bond acceptors (Lipinski definition) is 4. The van der Waals surface area contributed by atoms with Crippen molar-refractivity contribution in [1.29, 1.82) is 0 Å². The van der Waals surface area contributed by atoms with Gasteiger partial charge in [0.15, 0.2) is 0 Å². The molecule has 0 atom stereocenters. The highest BCUT2D eigenvalue weighted by molar-refractivity contribution is 6.31. The van der Waals surface area contributed by atoms with Crippen LogP contribution in [0.2, 0.25) is 5.02 Å². The second kappa shape index (κ2) is 8.39. The molecule has 2 rings (SSSR count). The first-order valence-electron chi connectivity index (χ1n) is 7.64. The number of hydrogen-bond donors (Lipinski definition) is 2. The zero-order chi connectivity index (χ0) is 18.4. The van der Waals surface area contributed by atoms with Crippen molar-refractivity contribution in [1.82, 2.24) is 0 Å². The van der Waals surface area contributed by atoms with Crippen molar-refractivity contribution < 1.29 is 19.1 Å². The molecule has 2 aromatic rings. The van der Waals surface area contributed by atoms with E-state index in [0.717, 1.165) is 5.56 Å². The minimum atomic E-state index is -0.541. The molecule has 6 nitrogen and oxygen atoms in total. The second-order valence-electron chi connectivity index (χ2n) is 5.18. The standard InChI is InChI=1S/C18H19ClN2O4/c1-4-25-18(23)20-13-7-5-12(6-8-13)17(22)21-15-9-11(2)14(19)10-16(15)24-3/h5-10H,4H2,1-3H3,(H,20,23)(H,21,22). The maximum absolute atomic E-state index is 12.4. The number of anilines is 2. The fraction of sp³-hybridized carbons (Fsp3) is 0.222. The van der Waals surface area contributed by atoms with E-state index in [-0.39, 0.29) is 12.5 Å². The number of carbonyl (C=O) groups is 2. The molecule has 0 spiro atoms. The highest BCUT2D eigenvalue weighted by Gasteiger charge is 2.12. The number of ether oxygens (including phenoxy) is 2. The van der Waals surface area contributed by atoms with Crippen LogP contribution in [0.1, 0.15) is 22.8 Å². The molecule has 0 fully saturated rings. The van der Waals surface area contributed by atoms with Gasteiger partial charge in [-0.1, -0.05) is 11.6 Å². The fourth-order valence-corrected chi connectivity index (χ4v) is 2.27. The largest absolute Gasteiger partial charge is 0.495 e. The Kier molecular flexibility index (Phi) is 6.25. The van der Waals surface area contributed by atoms with Crippen LogP contribution in [-0.2, 0) is 4.74 Å². The topological polar surface area (TPSA) is 76.7 Å². The Morgan fingerprint density at radius 2 is 1.80 bits per heavy atom. The molecule has 0 bridgehead atoms. The van der Waals surface area contributed by atoms with Crippen LogP contribution in [0, 0.1) is 6.92 Å². The molecule has 7 heteroatoms. The summed E-state index contributed by atoms with van der Waals surface area (Å²) in [5.41, 5.74) is 2.33. The predicted molar refractivity (Wildman–Crippen MR) is 97.8 cm³/mol. The lowest BCUT2D eigenvalue weighted by molar-refractivity contribution is 0.102. The molecule has 0 aromatic heterocycles. The molecule has 132 valence electrons. The van der Waals surface area contributed by atoms with Gasteiger partial charge < -0.3 is 14.8 Å². The zero-order valence-electron chi connectivity index (χ0n) is 14.2. The van der Waals surface area contributed by atoms with Gasteiger partial charge >= 0.3 is 6.09 Å². The zero-order valence-corrected chi connectivity index (χ0v) is 14.9. The summed E-state index contributed by atoms with van der Waals surface area (Å²) >= 11 is 6.06. The third kappa shape index (κ3) is 4.87. The van der Waals surface area contributed by atoms with Crippen LogP contribution in [0.25, 0.3) is 0 Å². The van der Waals surface area contributed by atoms with Gasteiger partial charge in [-0.2, -0.15) is 0 Å². The number of halogens is 1. The van der Waals surface area contributed by atoms with E-state index in [1.807, 2.05) is 6.92 Å². The summed E-state index contributed by atoms with van der Waals surface area (Å²) in [5.74, 6) is 0.173. The lowest BCUT2D eigenvalue weighted by Crippen LogP contribution is -2.15. The highest BCUT2D eigenvalue weighted by atomic mass is 35.5. The van der Waals surface area contributed by atoms with Crippen molar-refractivity contribution in [2.24, 2.45) is 0 Å². The van der Waals surface area contributed by atoms with E-state index in [4.69, 9.17) is 21.1 Å². The highest BCUT2D eigenvalue weighted by Crippen LogP contribution is 2.31. The lowest BCUT2D eigenvalue weighted by atomic mass is 10.1. The Balaban J connectivity index is 2.11. The van der Waals surface area contributed by atoms with Crippen molar-refractivity contribution in [2.75, 3.05) is 24.4 Å². The first kappa shape index (κ1) is 18.6. The van der Waals surface area contributed by atoms with Crippen LogP contribution in [0.15, 0.2) is 36.4 Å². The van der Waals surface area contributed by atoms with E-state index < -0.39 is 6.09 Å². The van der Waals surface area contributed by atoms with Crippen LogP contribution < -0.4 is 15.4 Å². The van der Waals surface area contributed by atoms with Crippen molar-refractivity contribution in [3.05, 3.63) is 52.5 Å². The predicted octanol–water partition coefficient (Wildman–Crippen LogP) is 4.48. The molecule has 0 aliphatic heterocycles. The van der Waals surface area contributed by atoms with E-state index in [1.165, 1.54) is 7.11 Å². The molecule has 2 N–H and O–H groups in total. The number of carbonyl (C=O) groups excluding carboxylic acids is 2. The van der Waals surface area contributed by atoms with E-state index in [2.05, 4.69) is 10.6 Å². The lowest BCUT2D eigenvalue weighted by Gasteiger charge is -2.12. The molecular weight excluding hydrogens is 344 g/mol. The van der Waals surface area contributed by atoms with Gasteiger partial charge in [0.2, 0.25) is 0 Å². The third-order valence-corrected chi connectivity index (χ3v) is 3.81. The first-order chi connectivity index (χ1) is 11.9. The molecule has 0 radical (unpaired) electrons. The van der Waals surface area contributed by atoms with Gasteiger partial charge in [0.05, 0.1) is 19.4 Å². The number of benzene rings is 2. The summed E-state index contributed by atoms with van der Waals surface area (Å²) < 4.78 is 10.0. The normalized spacial score (nSPS) is 10.1. The monoisotopic (exact) mass is 362 g/mol. The number of aryl methyl sites for hydroxylation is 1. The average Bonchev–Trinajstić information content (AvgIpc) is 2.58. The van der Waals surface area contributed by atoms with Crippen molar-refractivity contribution in [3.8, 4) is 5.75 Å². The molecule has 0 heterocycles. The van der Waals surface area contributed by atoms with Crippen LogP contribution in [0.3, 0.4) is 0 Å². The molecule has 2 amide bonds. The summed E-state index contributed by atoms with van der Waals surface area (Å²) in [4.78, 5) is 23.8. The van der Waals surface area contributed by atoms with Crippen LogP contribution >= 0.6 is 11.6 Å². The molecule has 0 aliphatic rings. The molecule has 2 aromatic carbocycles. The smallest absolute Gasteiger partial charge is 0.411 e. The second-order valence-corrected chi connectivity index (χ2v) is 5.59. The van der Waals surface area contributed by atoms with Crippen molar-refractivity contribution >= 4 is 35.0 Å². The number of nitrogens with one attached hydrogen (secondary N) is 2. The van der Waals surface area contributed by atoms with Crippen LogP contribution in [0.4, 0.5) is 16.2 Å². The van der Waals surface area contributed by atoms with E-state index in [0.29, 0.717) is 27.7 Å². The number of amides is 2. The summed E-state index contributed by atoms with van der Waals surface area (Å²) in [7, 11) is 1.51. The Labute approximate surface area is 151 Å². The molecular formula is C18H19ClN2O4. The van der Waals surface area contributed by atoms with Gasteiger partial charge in [-0.05, 0) is 49.7 Å². The van der Waals surface area contributed by atoms with E-state index >= 15 is 0 Å². The maximum Gasteiger partial charge on any atom is 0.411 e.